The Morgan fingerprint density at radius 1 is 1.26 bits per heavy atom. The number of ether oxygens (including phenoxy) is 1. The van der Waals surface area contributed by atoms with Gasteiger partial charge in [-0.15, -0.1) is 0 Å². The van der Waals surface area contributed by atoms with E-state index in [4.69, 9.17) is 4.74 Å². The number of hydrogen-bond donors (Lipinski definition) is 1. The van der Waals surface area contributed by atoms with E-state index in [0.717, 1.165) is 5.56 Å². The van der Waals surface area contributed by atoms with Crippen molar-refractivity contribution in [3.05, 3.63) is 54.1 Å². The monoisotopic (exact) mass is 251 g/mol. The van der Waals surface area contributed by atoms with E-state index in [1.165, 1.54) is 12.1 Å². The number of nitrogens with zero attached hydrogens (tertiary/aromatic N) is 1. The number of aromatic hydroxyl groups is 1. The Morgan fingerprint density at radius 2 is 2.00 bits per heavy atom. The SMILES string of the molecule is C=Cc1c(O)ccc(C#N)c1-c1ccccc1OC. The van der Waals surface area contributed by atoms with E-state index in [0.29, 0.717) is 22.4 Å². The number of phenolic OH excluding ortho intramolecular Hbond substituents is 1. The van der Waals surface area contributed by atoms with Crippen LogP contribution >= 0.6 is 0 Å². The highest BCUT2D eigenvalue weighted by Crippen LogP contribution is 2.38. The highest BCUT2D eigenvalue weighted by atomic mass is 16.5. The lowest BCUT2D eigenvalue weighted by Crippen LogP contribution is -1.93. The van der Waals surface area contributed by atoms with Crippen molar-refractivity contribution in [2.24, 2.45) is 0 Å². The van der Waals surface area contributed by atoms with E-state index >= 15 is 0 Å². The molecule has 1 N–H and O–H groups in total. The van der Waals surface area contributed by atoms with Crippen LogP contribution < -0.4 is 4.74 Å². The predicted molar refractivity (Wildman–Crippen MR) is 74.9 cm³/mol. The van der Waals surface area contributed by atoms with Crippen LogP contribution in [0.15, 0.2) is 43.0 Å². The fraction of sp³-hybridized carbons (Fsp3) is 0.0625. The smallest absolute Gasteiger partial charge is 0.126 e. The largest absolute Gasteiger partial charge is 0.507 e. The van der Waals surface area contributed by atoms with Gasteiger partial charge in [-0.1, -0.05) is 30.9 Å². The third-order valence-electron chi connectivity index (χ3n) is 2.92. The molecule has 0 saturated carbocycles. The topological polar surface area (TPSA) is 53.2 Å². The molecule has 0 aromatic heterocycles. The molecule has 2 rings (SSSR count). The average Bonchev–Trinajstić information content (AvgIpc) is 2.46. The van der Waals surface area contributed by atoms with Gasteiger partial charge in [-0.25, -0.2) is 0 Å². The van der Waals surface area contributed by atoms with Gasteiger partial charge < -0.3 is 9.84 Å². The minimum Gasteiger partial charge on any atom is -0.507 e. The summed E-state index contributed by atoms with van der Waals surface area (Å²) in [7, 11) is 1.57. The first-order valence-electron chi connectivity index (χ1n) is 5.74. The van der Waals surface area contributed by atoms with Gasteiger partial charge in [0.15, 0.2) is 0 Å². The molecule has 0 aliphatic carbocycles. The Bertz CT molecular complexity index is 669. The van der Waals surface area contributed by atoms with Gasteiger partial charge in [-0.3, -0.25) is 0 Å². The van der Waals surface area contributed by atoms with Gasteiger partial charge in [0.2, 0.25) is 0 Å². The molecule has 94 valence electrons. The first kappa shape index (κ1) is 12.7. The second-order valence-corrected chi connectivity index (χ2v) is 3.94. The van der Waals surface area contributed by atoms with Crippen LogP contribution in [-0.2, 0) is 0 Å². The van der Waals surface area contributed by atoms with Gasteiger partial charge >= 0.3 is 0 Å². The maximum atomic E-state index is 9.91. The zero-order valence-electron chi connectivity index (χ0n) is 10.6. The molecule has 0 fully saturated rings. The number of rotatable bonds is 3. The van der Waals surface area contributed by atoms with Crippen molar-refractivity contribution >= 4 is 6.08 Å². The molecule has 0 saturated heterocycles. The van der Waals surface area contributed by atoms with Gasteiger partial charge in [0.25, 0.3) is 0 Å². The predicted octanol–water partition coefficient (Wildman–Crippen LogP) is 3.58. The molecule has 0 aliphatic heterocycles. The minimum absolute atomic E-state index is 0.0925. The van der Waals surface area contributed by atoms with Gasteiger partial charge in [0.05, 0.1) is 18.7 Å². The number of methoxy groups -OCH3 is 1. The molecule has 0 unspecified atom stereocenters. The lowest BCUT2D eigenvalue weighted by atomic mass is 9.93. The molecular weight excluding hydrogens is 238 g/mol. The number of nitriles is 1. The molecule has 0 amide bonds. The standard InChI is InChI=1S/C16H13NO2/c1-3-12-14(18)9-8-11(10-17)16(12)13-6-4-5-7-15(13)19-2/h3-9,18H,1H2,2H3. The van der Waals surface area contributed by atoms with Crippen molar-refractivity contribution in [3.63, 3.8) is 0 Å². The maximum absolute atomic E-state index is 9.91. The van der Waals surface area contributed by atoms with Crippen molar-refractivity contribution in [1.82, 2.24) is 0 Å². The molecule has 3 nitrogen and oxygen atoms in total. The first-order valence-corrected chi connectivity index (χ1v) is 5.74. The Morgan fingerprint density at radius 3 is 2.63 bits per heavy atom. The summed E-state index contributed by atoms with van der Waals surface area (Å²) in [6.45, 7) is 3.70. The lowest BCUT2D eigenvalue weighted by Gasteiger charge is -2.13. The number of para-hydroxylation sites is 1. The maximum Gasteiger partial charge on any atom is 0.126 e. The summed E-state index contributed by atoms with van der Waals surface area (Å²) in [4.78, 5) is 0. The summed E-state index contributed by atoms with van der Waals surface area (Å²) in [5, 5.41) is 19.2. The minimum atomic E-state index is 0.0925. The van der Waals surface area contributed by atoms with Crippen molar-refractivity contribution in [1.29, 1.82) is 5.26 Å². The van der Waals surface area contributed by atoms with Crippen molar-refractivity contribution < 1.29 is 9.84 Å². The number of phenols is 1. The van der Waals surface area contributed by atoms with E-state index < -0.39 is 0 Å². The highest BCUT2D eigenvalue weighted by molar-refractivity contribution is 5.85. The normalized spacial score (nSPS) is 9.68. The van der Waals surface area contributed by atoms with Gasteiger partial charge in [0, 0.05) is 16.7 Å². The van der Waals surface area contributed by atoms with Gasteiger partial charge in [0.1, 0.15) is 11.5 Å². The van der Waals surface area contributed by atoms with Crippen LogP contribution in [0.4, 0.5) is 0 Å². The van der Waals surface area contributed by atoms with Crippen molar-refractivity contribution in [3.8, 4) is 28.7 Å². The molecular formula is C16H13NO2. The van der Waals surface area contributed by atoms with Gasteiger partial charge in [-0.05, 0) is 18.2 Å². The molecule has 2 aromatic rings. The van der Waals surface area contributed by atoms with Crippen LogP contribution in [-0.4, -0.2) is 12.2 Å². The van der Waals surface area contributed by atoms with E-state index in [2.05, 4.69) is 12.6 Å². The van der Waals surface area contributed by atoms with E-state index in [-0.39, 0.29) is 5.75 Å². The van der Waals surface area contributed by atoms with Crippen molar-refractivity contribution in [2.45, 2.75) is 0 Å². The molecule has 19 heavy (non-hydrogen) atoms. The van der Waals surface area contributed by atoms with Crippen molar-refractivity contribution in [2.75, 3.05) is 7.11 Å². The fourth-order valence-electron chi connectivity index (χ4n) is 2.05. The van der Waals surface area contributed by atoms with E-state index in [1.54, 1.807) is 13.2 Å². The van der Waals surface area contributed by atoms with Crippen LogP contribution in [0, 0.1) is 11.3 Å². The Hall–Kier alpha value is -2.73. The quantitative estimate of drug-likeness (QED) is 0.907. The third-order valence-corrected chi connectivity index (χ3v) is 2.92. The first-order chi connectivity index (χ1) is 9.22. The van der Waals surface area contributed by atoms with Crippen LogP contribution in [0.3, 0.4) is 0 Å². The van der Waals surface area contributed by atoms with E-state index in [9.17, 15) is 10.4 Å². The molecule has 0 aliphatic rings. The summed E-state index contributed by atoms with van der Waals surface area (Å²) >= 11 is 0. The molecule has 0 spiro atoms. The molecule has 0 radical (unpaired) electrons. The summed E-state index contributed by atoms with van der Waals surface area (Å²) in [5.74, 6) is 0.739. The Kier molecular flexibility index (Phi) is 3.53. The highest BCUT2D eigenvalue weighted by Gasteiger charge is 2.15. The molecule has 3 heteroatoms. The summed E-state index contributed by atoms with van der Waals surface area (Å²) in [5.41, 5.74) is 2.39. The zero-order chi connectivity index (χ0) is 13.8. The van der Waals surface area contributed by atoms with Gasteiger partial charge in [-0.2, -0.15) is 5.26 Å². The molecule has 0 bridgehead atoms. The zero-order valence-corrected chi connectivity index (χ0v) is 10.6. The third kappa shape index (κ3) is 2.16. The molecule has 2 aromatic carbocycles. The molecule has 0 atom stereocenters. The van der Waals surface area contributed by atoms with Crippen LogP contribution in [0.1, 0.15) is 11.1 Å². The second kappa shape index (κ2) is 5.28. The second-order valence-electron chi connectivity index (χ2n) is 3.94. The fourth-order valence-corrected chi connectivity index (χ4v) is 2.05. The summed E-state index contributed by atoms with van der Waals surface area (Å²) < 4.78 is 5.31. The van der Waals surface area contributed by atoms with E-state index in [1.807, 2.05) is 24.3 Å². The lowest BCUT2D eigenvalue weighted by molar-refractivity contribution is 0.416. The average molecular weight is 251 g/mol. The Labute approximate surface area is 112 Å². The summed E-state index contributed by atoms with van der Waals surface area (Å²) in [6.07, 6.45) is 1.54. The van der Waals surface area contributed by atoms with Crippen LogP contribution in [0.2, 0.25) is 0 Å². The number of hydrogen-bond acceptors (Lipinski definition) is 3. The summed E-state index contributed by atoms with van der Waals surface area (Å²) in [6, 6.07) is 12.6. The van der Waals surface area contributed by atoms with Crippen LogP contribution in [0.5, 0.6) is 11.5 Å². The Balaban J connectivity index is 2.84. The number of benzene rings is 2. The molecule has 0 heterocycles. The van der Waals surface area contributed by atoms with Crippen LogP contribution in [0.25, 0.3) is 17.2 Å².